The molecule has 5 heterocycles. The van der Waals surface area contributed by atoms with E-state index in [1.54, 1.807) is 28.8 Å². The fourth-order valence-corrected chi connectivity index (χ4v) is 5.08. The van der Waals surface area contributed by atoms with Crippen LogP contribution in [0, 0.1) is 6.92 Å². The van der Waals surface area contributed by atoms with E-state index < -0.39 is 0 Å². The number of nitrogens with zero attached hydrogens (tertiary/aromatic N) is 7. The number of fused-ring (bicyclic) bond motifs is 4. The Morgan fingerprint density at radius 2 is 1.82 bits per heavy atom. The van der Waals surface area contributed by atoms with E-state index in [2.05, 4.69) is 15.1 Å². The van der Waals surface area contributed by atoms with Crippen molar-refractivity contribution >= 4 is 17.2 Å². The lowest BCUT2D eigenvalue weighted by Gasteiger charge is -2.26. The Balaban J connectivity index is 1.48. The molecule has 0 aliphatic carbocycles. The number of rotatable bonds is 4. The molecule has 1 atom stereocenters. The van der Waals surface area contributed by atoms with Crippen LogP contribution in [0.1, 0.15) is 28.3 Å². The average molecular weight is 522 g/mol. The van der Waals surface area contributed by atoms with Crippen molar-refractivity contribution in [3.05, 3.63) is 107 Å². The second-order valence-electron chi connectivity index (χ2n) is 8.89. The molecule has 2 aromatic carbocycles. The summed E-state index contributed by atoms with van der Waals surface area (Å²) in [7, 11) is 1.65. The fraction of sp³-hybridized carbons (Fsp3) is 0.107. The van der Waals surface area contributed by atoms with Crippen molar-refractivity contribution in [3.63, 3.8) is 0 Å². The Morgan fingerprint density at radius 3 is 2.58 bits per heavy atom. The van der Waals surface area contributed by atoms with Crippen molar-refractivity contribution in [2.75, 3.05) is 7.11 Å². The third-order valence-corrected chi connectivity index (χ3v) is 6.85. The molecule has 0 amide bonds. The maximum Gasteiger partial charge on any atom is 0.230 e. The van der Waals surface area contributed by atoms with Gasteiger partial charge in [0.2, 0.25) is 17.6 Å². The van der Waals surface area contributed by atoms with Gasteiger partial charge in [-0.1, -0.05) is 35.9 Å². The van der Waals surface area contributed by atoms with Crippen molar-refractivity contribution in [2.45, 2.75) is 12.8 Å². The van der Waals surface area contributed by atoms with Gasteiger partial charge in [-0.15, -0.1) is 5.10 Å². The van der Waals surface area contributed by atoms with Crippen LogP contribution in [0.5, 0.6) is 17.5 Å². The average Bonchev–Trinajstić information content (AvgIpc) is 3.54. The number of halogens is 1. The Kier molecular flexibility index (Phi) is 5.12. The van der Waals surface area contributed by atoms with Gasteiger partial charge in [-0.2, -0.15) is 5.10 Å². The molecule has 186 valence electrons. The van der Waals surface area contributed by atoms with Gasteiger partial charge in [0.1, 0.15) is 17.8 Å². The Bertz CT molecular complexity index is 1810. The van der Waals surface area contributed by atoms with Crippen LogP contribution in [0.15, 0.2) is 79.3 Å². The lowest BCUT2D eigenvalue weighted by atomic mass is 9.84. The van der Waals surface area contributed by atoms with Gasteiger partial charge in [-0.25, -0.2) is 19.2 Å². The lowest BCUT2D eigenvalue weighted by molar-refractivity contribution is 0.402. The van der Waals surface area contributed by atoms with Crippen molar-refractivity contribution in [3.8, 4) is 34.7 Å². The van der Waals surface area contributed by atoms with Crippen LogP contribution >= 0.6 is 11.6 Å². The number of pyridine rings is 1. The molecular formula is C28H20ClN7O2. The number of aryl methyl sites for hydroxylation is 1. The number of hydrogen-bond acceptors (Lipinski definition) is 7. The third kappa shape index (κ3) is 3.51. The van der Waals surface area contributed by atoms with Crippen molar-refractivity contribution in [1.29, 1.82) is 0 Å². The van der Waals surface area contributed by atoms with E-state index in [-0.39, 0.29) is 5.92 Å². The molecule has 0 bridgehead atoms. The van der Waals surface area contributed by atoms with Gasteiger partial charge in [0.15, 0.2) is 5.65 Å². The first-order chi connectivity index (χ1) is 18.6. The summed E-state index contributed by atoms with van der Waals surface area (Å²) in [6.07, 6.45) is 3.33. The molecule has 0 spiro atoms. The standard InChI is InChI=1S/C28H20ClN7O2/c1-16-22-23(17-9-11-20(37-2)12-10-17)24-26-32-25(21-8-3-4-13-30-21)34-35(26)15-31-27(24)38-28(22)36(33-16)19-7-5-6-18(29)14-19/h3-15,23H,1-2H3/t23-/m1/s1. The molecule has 4 aromatic heterocycles. The Morgan fingerprint density at radius 1 is 0.947 bits per heavy atom. The topological polar surface area (TPSA) is 92.2 Å². The van der Waals surface area contributed by atoms with E-state index in [0.29, 0.717) is 33.9 Å². The number of benzene rings is 2. The van der Waals surface area contributed by atoms with Gasteiger partial charge in [-0.05, 0) is 55.0 Å². The van der Waals surface area contributed by atoms with E-state index in [1.165, 1.54) is 0 Å². The zero-order valence-electron chi connectivity index (χ0n) is 20.4. The third-order valence-electron chi connectivity index (χ3n) is 6.62. The van der Waals surface area contributed by atoms with Crippen LogP contribution in [0.2, 0.25) is 5.02 Å². The second-order valence-corrected chi connectivity index (χ2v) is 9.32. The minimum absolute atomic E-state index is 0.274. The molecule has 0 N–H and O–H groups in total. The molecule has 6 aromatic rings. The highest BCUT2D eigenvalue weighted by molar-refractivity contribution is 6.30. The van der Waals surface area contributed by atoms with Crippen LogP contribution in [0.4, 0.5) is 0 Å². The maximum atomic E-state index is 6.47. The van der Waals surface area contributed by atoms with Crippen LogP contribution in [0.25, 0.3) is 22.9 Å². The highest BCUT2D eigenvalue weighted by Gasteiger charge is 2.38. The van der Waals surface area contributed by atoms with Gasteiger partial charge in [0.05, 0.1) is 35.5 Å². The largest absolute Gasteiger partial charge is 0.497 e. The molecule has 0 fully saturated rings. The number of methoxy groups -OCH3 is 1. The first-order valence-corrected chi connectivity index (χ1v) is 12.3. The van der Waals surface area contributed by atoms with Crippen LogP contribution < -0.4 is 9.47 Å². The summed E-state index contributed by atoms with van der Waals surface area (Å²) in [5.41, 5.74) is 5.65. The summed E-state index contributed by atoms with van der Waals surface area (Å²) in [6, 6.07) is 21.1. The van der Waals surface area contributed by atoms with Crippen LogP contribution in [-0.2, 0) is 0 Å². The number of aromatic nitrogens is 7. The smallest absolute Gasteiger partial charge is 0.230 e. The minimum atomic E-state index is -0.274. The van der Waals surface area contributed by atoms with Gasteiger partial charge < -0.3 is 9.47 Å². The minimum Gasteiger partial charge on any atom is -0.497 e. The summed E-state index contributed by atoms with van der Waals surface area (Å²) in [5.74, 6) is 2.02. The molecule has 7 rings (SSSR count). The van der Waals surface area contributed by atoms with Gasteiger partial charge >= 0.3 is 0 Å². The zero-order valence-corrected chi connectivity index (χ0v) is 21.2. The summed E-state index contributed by atoms with van der Waals surface area (Å²) >= 11 is 6.31. The maximum absolute atomic E-state index is 6.47. The predicted octanol–water partition coefficient (Wildman–Crippen LogP) is 5.63. The van der Waals surface area contributed by atoms with E-state index >= 15 is 0 Å². The Hall–Kier alpha value is -4.76. The molecule has 0 radical (unpaired) electrons. The molecule has 1 aliphatic heterocycles. The number of ether oxygens (including phenoxy) is 2. The second kappa shape index (κ2) is 8.67. The lowest BCUT2D eigenvalue weighted by Crippen LogP contribution is -2.16. The molecular weight excluding hydrogens is 502 g/mol. The first-order valence-electron chi connectivity index (χ1n) is 11.9. The van der Waals surface area contributed by atoms with Crippen molar-refractivity contribution in [1.82, 2.24) is 34.3 Å². The predicted molar refractivity (Wildman–Crippen MR) is 141 cm³/mol. The summed E-state index contributed by atoms with van der Waals surface area (Å²) < 4.78 is 15.3. The molecule has 38 heavy (non-hydrogen) atoms. The molecule has 10 heteroatoms. The summed E-state index contributed by atoms with van der Waals surface area (Å²) in [5, 5.41) is 10.1. The molecule has 9 nitrogen and oxygen atoms in total. The highest BCUT2D eigenvalue weighted by atomic mass is 35.5. The molecule has 0 unspecified atom stereocenters. The first kappa shape index (κ1) is 22.4. The molecule has 1 aliphatic rings. The SMILES string of the molecule is COc1ccc([C@@H]2c3c(C)nn(-c4cccc(Cl)c4)c3Oc3ncn4nc(-c5ccccn5)nc4c32)cc1. The molecule has 0 saturated heterocycles. The van der Waals surface area contributed by atoms with E-state index in [4.69, 9.17) is 31.2 Å². The summed E-state index contributed by atoms with van der Waals surface area (Å²) in [4.78, 5) is 14.0. The zero-order chi connectivity index (χ0) is 25.8. The Labute approximate surface area is 222 Å². The molecule has 0 saturated carbocycles. The quantitative estimate of drug-likeness (QED) is 0.296. The van der Waals surface area contributed by atoms with E-state index in [0.717, 1.165) is 33.8 Å². The van der Waals surface area contributed by atoms with Gasteiger partial charge in [0.25, 0.3) is 0 Å². The van der Waals surface area contributed by atoms with E-state index in [1.807, 2.05) is 73.7 Å². The van der Waals surface area contributed by atoms with Crippen molar-refractivity contribution < 1.29 is 9.47 Å². The summed E-state index contributed by atoms with van der Waals surface area (Å²) in [6.45, 7) is 1.97. The normalized spacial score (nSPS) is 14.1. The van der Waals surface area contributed by atoms with Gasteiger partial charge in [-0.3, -0.25) is 4.98 Å². The van der Waals surface area contributed by atoms with Gasteiger partial charge in [0, 0.05) is 11.2 Å². The monoisotopic (exact) mass is 521 g/mol. The highest BCUT2D eigenvalue weighted by Crippen LogP contribution is 2.50. The van der Waals surface area contributed by atoms with E-state index in [9.17, 15) is 0 Å². The fourth-order valence-electron chi connectivity index (χ4n) is 4.89. The number of hydrogen-bond donors (Lipinski definition) is 0. The van der Waals surface area contributed by atoms with Crippen molar-refractivity contribution in [2.24, 2.45) is 0 Å². The van der Waals surface area contributed by atoms with Crippen LogP contribution in [-0.4, -0.2) is 41.5 Å². The van der Waals surface area contributed by atoms with Crippen LogP contribution in [0.3, 0.4) is 0 Å².